The van der Waals surface area contributed by atoms with E-state index in [0.717, 1.165) is 16.9 Å². The zero-order valence-corrected chi connectivity index (χ0v) is 16.3. The Hall–Kier alpha value is -3.77. The van der Waals surface area contributed by atoms with Crippen LogP contribution >= 0.6 is 11.3 Å². The van der Waals surface area contributed by atoms with Crippen molar-refractivity contribution in [3.63, 3.8) is 0 Å². The van der Waals surface area contributed by atoms with Crippen LogP contribution in [0.4, 0.5) is 11.4 Å². The molecule has 0 aliphatic carbocycles. The topological polar surface area (TPSA) is 66.4 Å². The zero-order chi connectivity index (χ0) is 19.9. The summed E-state index contributed by atoms with van der Waals surface area (Å²) in [5.41, 5.74) is 6.47. The number of hydrazone groups is 1. The van der Waals surface area contributed by atoms with Crippen LogP contribution in [0, 0.1) is 0 Å². The molecule has 6 heteroatoms. The van der Waals surface area contributed by atoms with Gasteiger partial charge >= 0.3 is 0 Å². The van der Waals surface area contributed by atoms with E-state index >= 15 is 0 Å². The molecule has 3 aromatic carbocycles. The minimum atomic E-state index is -0.325. The summed E-state index contributed by atoms with van der Waals surface area (Å²) < 4.78 is 0. The Bertz CT molecular complexity index is 1110. The second-order valence-corrected chi connectivity index (χ2v) is 7.02. The molecule has 1 aromatic heterocycles. The molecule has 0 unspecified atom stereocenters. The third-order valence-corrected chi connectivity index (χ3v) is 4.94. The molecular weight excluding hydrogens is 380 g/mol. The molecule has 2 N–H and O–H groups in total. The van der Waals surface area contributed by atoms with Gasteiger partial charge in [-0.2, -0.15) is 5.10 Å². The highest BCUT2D eigenvalue weighted by Gasteiger charge is 2.19. The summed E-state index contributed by atoms with van der Waals surface area (Å²) >= 11 is 1.38. The van der Waals surface area contributed by atoms with Crippen LogP contribution in [0.5, 0.6) is 0 Å². The Labute approximate surface area is 172 Å². The molecule has 0 saturated carbocycles. The van der Waals surface area contributed by atoms with Crippen LogP contribution in [0.3, 0.4) is 0 Å². The predicted molar refractivity (Wildman–Crippen MR) is 119 cm³/mol. The van der Waals surface area contributed by atoms with Gasteiger partial charge in [0.2, 0.25) is 0 Å². The van der Waals surface area contributed by atoms with E-state index in [9.17, 15) is 4.79 Å². The Morgan fingerprint density at radius 1 is 0.793 bits per heavy atom. The van der Waals surface area contributed by atoms with E-state index in [1.165, 1.54) is 11.3 Å². The lowest BCUT2D eigenvalue weighted by Gasteiger charge is -2.07. The van der Waals surface area contributed by atoms with Gasteiger partial charge in [0.1, 0.15) is 5.01 Å². The molecule has 4 rings (SSSR count). The molecule has 1 heterocycles. The number of hydrogen-bond acceptors (Lipinski definition) is 5. The lowest BCUT2D eigenvalue weighted by molar-refractivity contribution is -0.110. The Balaban J connectivity index is 1.64. The molecule has 0 saturated heterocycles. The Kier molecular flexibility index (Phi) is 5.73. The van der Waals surface area contributed by atoms with Crippen LogP contribution in [-0.4, -0.2) is 16.6 Å². The molecule has 0 aliphatic rings. The smallest absolute Gasteiger partial charge is 0.279 e. The molecule has 0 spiro atoms. The van der Waals surface area contributed by atoms with E-state index in [1.807, 2.05) is 96.4 Å². The number of nitrogens with zero attached hydrogens (tertiary/aromatic N) is 2. The van der Waals surface area contributed by atoms with Crippen LogP contribution in [0.1, 0.15) is 5.01 Å². The maximum atomic E-state index is 13.0. The molecule has 142 valence electrons. The van der Waals surface area contributed by atoms with E-state index in [2.05, 4.69) is 20.8 Å². The molecule has 0 radical (unpaired) electrons. The van der Waals surface area contributed by atoms with Crippen molar-refractivity contribution in [1.29, 1.82) is 0 Å². The van der Waals surface area contributed by atoms with Crippen molar-refractivity contribution in [3.8, 4) is 11.3 Å². The first-order chi connectivity index (χ1) is 14.3. The third-order valence-electron chi connectivity index (χ3n) is 4.09. The van der Waals surface area contributed by atoms with Crippen molar-refractivity contribution in [3.05, 3.63) is 101 Å². The number of benzene rings is 3. The highest BCUT2D eigenvalue weighted by atomic mass is 32.1. The monoisotopic (exact) mass is 398 g/mol. The predicted octanol–water partition coefficient (Wildman–Crippen LogP) is 5.27. The van der Waals surface area contributed by atoms with Crippen molar-refractivity contribution < 1.29 is 4.79 Å². The molecule has 0 aliphatic heterocycles. The summed E-state index contributed by atoms with van der Waals surface area (Å²) in [6, 6.07) is 28.6. The summed E-state index contributed by atoms with van der Waals surface area (Å²) in [6.45, 7) is 0. The normalized spacial score (nSPS) is 11.1. The average Bonchev–Trinajstić information content (AvgIpc) is 3.26. The second kappa shape index (κ2) is 8.95. The third kappa shape index (κ3) is 4.75. The van der Waals surface area contributed by atoms with Crippen LogP contribution in [0.15, 0.2) is 101 Å². The van der Waals surface area contributed by atoms with Crippen LogP contribution in [0.2, 0.25) is 0 Å². The second-order valence-electron chi connectivity index (χ2n) is 6.16. The van der Waals surface area contributed by atoms with Crippen molar-refractivity contribution >= 4 is 34.3 Å². The number of thiazole rings is 1. The van der Waals surface area contributed by atoms with Crippen LogP contribution in [0.25, 0.3) is 11.3 Å². The minimum Gasteiger partial charge on any atom is -0.321 e. The lowest BCUT2D eigenvalue weighted by Crippen LogP contribution is -2.25. The number of hydrogen-bond donors (Lipinski definition) is 2. The highest BCUT2D eigenvalue weighted by Crippen LogP contribution is 2.22. The van der Waals surface area contributed by atoms with Gasteiger partial charge in [0.05, 0.1) is 11.4 Å². The molecular formula is C23H18N4OS. The number of nitrogens with one attached hydrogen (secondary N) is 2. The van der Waals surface area contributed by atoms with Gasteiger partial charge in [0.25, 0.3) is 5.91 Å². The molecule has 4 aromatic rings. The zero-order valence-electron chi connectivity index (χ0n) is 15.4. The van der Waals surface area contributed by atoms with Gasteiger partial charge in [-0.15, -0.1) is 11.3 Å². The van der Waals surface area contributed by atoms with Gasteiger partial charge in [-0.05, 0) is 24.3 Å². The largest absolute Gasteiger partial charge is 0.321 e. The van der Waals surface area contributed by atoms with Crippen molar-refractivity contribution in [2.24, 2.45) is 5.10 Å². The molecule has 0 atom stereocenters. The first kappa shape index (κ1) is 18.6. The van der Waals surface area contributed by atoms with Crippen molar-refractivity contribution in [2.75, 3.05) is 10.7 Å². The SMILES string of the molecule is O=C(Nc1ccccc1)C(=NNc1ccccc1)c1nc(-c2ccccc2)cs1. The first-order valence-electron chi connectivity index (χ1n) is 9.06. The maximum absolute atomic E-state index is 13.0. The van der Waals surface area contributed by atoms with Gasteiger partial charge in [-0.1, -0.05) is 66.7 Å². The standard InChI is InChI=1S/C23H18N4OS/c28-22(24-18-12-6-2-7-13-18)21(27-26-19-14-8-3-9-15-19)23-25-20(16-29-23)17-10-4-1-5-11-17/h1-16,26H,(H,24,28). The van der Waals surface area contributed by atoms with Crippen LogP contribution < -0.4 is 10.7 Å². The van der Waals surface area contributed by atoms with Crippen molar-refractivity contribution in [1.82, 2.24) is 4.98 Å². The van der Waals surface area contributed by atoms with E-state index < -0.39 is 0 Å². The number of carbonyl (C=O) groups excluding carboxylic acids is 1. The molecule has 1 amide bonds. The minimum absolute atomic E-state index is 0.227. The lowest BCUT2D eigenvalue weighted by atomic mass is 10.2. The molecule has 5 nitrogen and oxygen atoms in total. The van der Waals surface area contributed by atoms with E-state index in [-0.39, 0.29) is 11.6 Å². The number of amides is 1. The first-order valence-corrected chi connectivity index (χ1v) is 9.94. The number of rotatable bonds is 6. The summed E-state index contributed by atoms with van der Waals surface area (Å²) in [5.74, 6) is -0.325. The van der Waals surface area contributed by atoms with Crippen molar-refractivity contribution in [2.45, 2.75) is 0 Å². The fourth-order valence-corrected chi connectivity index (χ4v) is 3.48. The number of carbonyl (C=O) groups is 1. The average molecular weight is 398 g/mol. The van der Waals surface area contributed by atoms with Gasteiger partial charge in [0.15, 0.2) is 5.71 Å². The maximum Gasteiger partial charge on any atom is 0.279 e. The fourth-order valence-electron chi connectivity index (χ4n) is 2.66. The Morgan fingerprint density at radius 2 is 1.38 bits per heavy atom. The number of para-hydroxylation sites is 2. The van der Waals surface area contributed by atoms with Gasteiger partial charge in [-0.25, -0.2) is 4.98 Å². The summed E-state index contributed by atoms with van der Waals surface area (Å²) in [6.07, 6.45) is 0. The molecule has 0 bridgehead atoms. The summed E-state index contributed by atoms with van der Waals surface area (Å²) in [7, 11) is 0. The van der Waals surface area contributed by atoms with Gasteiger partial charge < -0.3 is 5.32 Å². The van der Waals surface area contributed by atoms with Gasteiger partial charge in [0, 0.05) is 16.6 Å². The summed E-state index contributed by atoms with van der Waals surface area (Å²) in [5, 5.41) is 9.72. The number of anilines is 2. The van der Waals surface area contributed by atoms with E-state index in [4.69, 9.17) is 0 Å². The number of aromatic nitrogens is 1. The van der Waals surface area contributed by atoms with Gasteiger partial charge in [-0.3, -0.25) is 10.2 Å². The van der Waals surface area contributed by atoms with Crippen LogP contribution in [-0.2, 0) is 4.79 Å². The molecule has 29 heavy (non-hydrogen) atoms. The van der Waals surface area contributed by atoms with E-state index in [0.29, 0.717) is 10.7 Å². The van der Waals surface area contributed by atoms with E-state index in [1.54, 1.807) is 0 Å². The molecule has 0 fully saturated rings. The quantitative estimate of drug-likeness (QED) is 0.344. The summed E-state index contributed by atoms with van der Waals surface area (Å²) in [4.78, 5) is 17.6. The highest BCUT2D eigenvalue weighted by molar-refractivity contribution is 7.13. The fraction of sp³-hybridized carbons (Fsp3) is 0. The Morgan fingerprint density at radius 3 is 2.03 bits per heavy atom.